The number of carbonyl (C=O) groups is 1. The number of nitrogens with one attached hydrogen (secondary N) is 1. The minimum atomic E-state index is -0.0365. The van der Waals surface area contributed by atoms with Gasteiger partial charge in [-0.1, -0.05) is 12.1 Å². The number of hydrogen-bond donors (Lipinski definition) is 1. The SMILES string of the molecule is CNCCC1CCN(C(=O)c2ccc(COc3ccccc3OC)o2)CC1. The molecule has 1 N–H and O–H groups in total. The highest BCUT2D eigenvalue weighted by Crippen LogP contribution is 2.27. The normalized spacial score (nSPS) is 15.0. The van der Waals surface area contributed by atoms with E-state index in [4.69, 9.17) is 13.9 Å². The van der Waals surface area contributed by atoms with Crippen molar-refractivity contribution < 1.29 is 18.7 Å². The Morgan fingerprint density at radius 2 is 1.93 bits per heavy atom. The molecule has 146 valence electrons. The summed E-state index contributed by atoms with van der Waals surface area (Å²) in [5.41, 5.74) is 0. The molecule has 0 radical (unpaired) electrons. The molecule has 1 amide bonds. The van der Waals surface area contributed by atoms with Gasteiger partial charge < -0.3 is 24.1 Å². The first-order valence-electron chi connectivity index (χ1n) is 9.49. The molecule has 1 aliphatic rings. The monoisotopic (exact) mass is 372 g/mol. The van der Waals surface area contributed by atoms with Crippen molar-refractivity contribution >= 4 is 5.91 Å². The Labute approximate surface area is 160 Å². The van der Waals surface area contributed by atoms with Crippen molar-refractivity contribution in [2.75, 3.05) is 33.8 Å². The van der Waals surface area contributed by atoms with Gasteiger partial charge in [0, 0.05) is 13.1 Å². The molecule has 27 heavy (non-hydrogen) atoms. The highest BCUT2D eigenvalue weighted by molar-refractivity contribution is 5.91. The predicted molar refractivity (Wildman–Crippen MR) is 103 cm³/mol. The maximum Gasteiger partial charge on any atom is 0.289 e. The molecule has 0 atom stereocenters. The molecule has 0 bridgehead atoms. The second-order valence-corrected chi connectivity index (χ2v) is 6.83. The zero-order valence-corrected chi connectivity index (χ0v) is 16.1. The fourth-order valence-corrected chi connectivity index (χ4v) is 3.39. The van der Waals surface area contributed by atoms with Gasteiger partial charge in [0.1, 0.15) is 12.4 Å². The van der Waals surface area contributed by atoms with Crippen LogP contribution in [0.1, 0.15) is 35.6 Å². The fourth-order valence-electron chi connectivity index (χ4n) is 3.39. The Hall–Kier alpha value is -2.47. The third-order valence-corrected chi connectivity index (χ3v) is 5.02. The smallest absolute Gasteiger partial charge is 0.289 e. The maximum atomic E-state index is 12.7. The highest BCUT2D eigenvalue weighted by atomic mass is 16.5. The standard InChI is InChI=1S/C21H28N2O4/c1-22-12-9-16-10-13-23(14-11-16)21(24)20-8-7-17(27-20)15-26-19-6-4-3-5-18(19)25-2/h3-8,16,22H,9-15H2,1-2H3. The number of carbonyl (C=O) groups excluding carboxylic acids is 1. The Morgan fingerprint density at radius 1 is 1.19 bits per heavy atom. The van der Waals surface area contributed by atoms with Crippen LogP contribution in [0.2, 0.25) is 0 Å². The van der Waals surface area contributed by atoms with Gasteiger partial charge in [0.25, 0.3) is 5.91 Å². The molecule has 1 saturated heterocycles. The predicted octanol–water partition coefficient (Wildman–Crippen LogP) is 3.33. The second-order valence-electron chi connectivity index (χ2n) is 6.83. The van der Waals surface area contributed by atoms with Crippen molar-refractivity contribution in [3.8, 4) is 11.5 Å². The van der Waals surface area contributed by atoms with E-state index in [1.165, 1.54) is 6.42 Å². The number of benzene rings is 1. The lowest BCUT2D eigenvalue weighted by Gasteiger charge is -2.31. The van der Waals surface area contributed by atoms with E-state index in [9.17, 15) is 4.79 Å². The van der Waals surface area contributed by atoms with Gasteiger partial charge in [-0.15, -0.1) is 0 Å². The largest absolute Gasteiger partial charge is 0.493 e. The number of piperidine rings is 1. The van der Waals surface area contributed by atoms with Crippen LogP contribution in [0.4, 0.5) is 0 Å². The number of ether oxygens (including phenoxy) is 2. The van der Waals surface area contributed by atoms with Crippen LogP contribution in [0.5, 0.6) is 11.5 Å². The van der Waals surface area contributed by atoms with E-state index in [1.54, 1.807) is 19.2 Å². The number of furan rings is 1. The summed E-state index contributed by atoms with van der Waals surface area (Å²) < 4.78 is 16.7. The molecular formula is C21H28N2O4. The lowest BCUT2D eigenvalue weighted by molar-refractivity contribution is 0.0651. The molecular weight excluding hydrogens is 344 g/mol. The van der Waals surface area contributed by atoms with E-state index >= 15 is 0 Å². The van der Waals surface area contributed by atoms with Crippen molar-refractivity contribution in [1.29, 1.82) is 0 Å². The summed E-state index contributed by atoms with van der Waals surface area (Å²) in [6, 6.07) is 11.0. The highest BCUT2D eigenvalue weighted by Gasteiger charge is 2.25. The molecule has 0 spiro atoms. The Morgan fingerprint density at radius 3 is 2.63 bits per heavy atom. The molecule has 1 fully saturated rings. The zero-order valence-electron chi connectivity index (χ0n) is 16.1. The van der Waals surface area contributed by atoms with Crippen molar-refractivity contribution in [1.82, 2.24) is 10.2 Å². The van der Waals surface area contributed by atoms with Crippen LogP contribution in [-0.4, -0.2) is 44.6 Å². The third kappa shape index (κ3) is 5.04. The second kappa shape index (κ2) is 9.46. The quantitative estimate of drug-likeness (QED) is 0.770. The van der Waals surface area contributed by atoms with E-state index in [-0.39, 0.29) is 12.5 Å². The van der Waals surface area contributed by atoms with Crippen LogP contribution < -0.4 is 14.8 Å². The topological polar surface area (TPSA) is 63.9 Å². The average molecular weight is 372 g/mol. The molecule has 2 aromatic rings. The number of para-hydroxylation sites is 2. The van der Waals surface area contributed by atoms with Crippen molar-refractivity contribution in [3.05, 3.63) is 47.9 Å². The molecule has 6 nitrogen and oxygen atoms in total. The van der Waals surface area contributed by atoms with E-state index in [0.717, 1.165) is 32.5 Å². The van der Waals surface area contributed by atoms with Gasteiger partial charge in [-0.25, -0.2) is 0 Å². The Balaban J connectivity index is 1.52. The first-order valence-corrected chi connectivity index (χ1v) is 9.49. The number of amides is 1. The first-order chi connectivity index (χ1) is 13.2. The minimum Gasteiger partial charge on any atom is -0.493 e. The summed E-state index contributed by atoms with van der Waals surface area (Å²) in [6.45, 7) is 2.87. The summed E-state index contributed by atoms with van der Waals surface area (Å²) in [5.74, 6) is 2.97. The summed E-state index contributed by atoms with van der Waals surface area (Å²) >= 11 is 0. The van der Waals surface area contributed by atoms with E-state index in [0.29, 0.717) is 28.9 Å². The Kier molecular flexibility index (Phi) is 6.76. The van der Waals surface area contributed by atoms with E-state index in [1.807, 2.05) is 36.2 Å². The van der Waals surface area contributed by atoms with Crippen LogP contribution >= 0.6 is 0 Å². The van der Waals surface area contributed by atoms with Gasteiger partial charge in [0.05, 0.1) is 7.11 Å². The van der Waals surface area contributed by atoms with E-state index < -0.39 is 0 Å². The fraction of sp³-hybridized carbons (Fsp3) is 0.476. The van der Waals surface area contributed by atoms with Crippen LogP contribution in [-0.2, 0) is 6.61 Å². The molecule has 1 aromatic carbocycles. The van der Waals surface area contributed by atoms with Crippen LogP contribution in [0.3, 0.4) is 0 Å². The molecule has 0 unspecified atom stereocenters. The number of likely N-dealkylation sites (tertiary alicyclic amines) is 1. The zero-order chi connectivity index (χ0) is 19.1. The molecule has 3 rings (SSSR count). The third-order valence-electron chi connectivity index (χ3n) is 5.02. The van der Waals surface area contributed by atoms with Crippen molar-refractivity contribution in [3.63, 3.8) is 0 Å². The molecule has 0 aliphatic carbocycles. The molecule has 6 heteroatoms. The van der Waals surface area contributed by atoms with E-state index in [2.05, 4.69) is 5.32 Å². The summed E-state index contributed by atoms with van der Waals surface area (Å²) in [6.07, 6.45) is 3.28. The first kappa shape index (κ1) is 19.3. The summed E-state index contributed by atoms with van der Waals surface area (Å²) in [7, 11) is 3.58. The summed E-state index contributed by atoms with van der Waals surface area (Å²) in [5, 5.41) is 3.19. The average Bonchev–Trinajstić information content (AvgIpc) is 3.20. The van der Waals surface area contributed by atoms with Crippen LogP contribution in [0.15, 0.2) is 40.8 Å². The molecule has 1 aliphatic heterocycles. The summed E-state index contributed by atoms with van der Waals surface area (Å²) in [4.78, 5) is 14.6. The lowest BCUT2D eigenvalue weighted by Crippen LogP contribution is -2.38. The lowest BCUT2D eigenvalue weighted by atomic mass is 9.93. The van der Waals surface area contributed by atoms with Crippen molar-refractivity contribution in [2.24, 2.45) is 5.92 Å². The number of nitrogens with zero attached hydrogens (tertiary/aromatic N) is 1. The minimum absolute atomic E-state index is 0.0365. The van der Waals surface area contributed by atoms with Crippen LogP contribution in [0.25, 0.3) is 0 Å². The van der Waals surface area contributed by atoms with Gasteiger partial charge in [0.15, 0.2) is 17.3 Å². The van der Waals surface area contributed by atoms with Gasteiger partial charge in [-0.3, -0.25) is 4.79 Å². The van der Waals surface area contributed by atoms with Crippen molar-refractivity contribution in [2.45, 2.75) is 25.9 Å². The van der Waals surface area contributed by atoms with Gasteiger partial charge >= 0.3 is 0 Å². The van der Waals surface area contributed by atoms with Gasteiger partial charge in [0.2, 0.25) is 0 Å². The molecule has 1 aromatic heterocycles. The van der Waals surface area contributed by atoms with Gasteiger partial charge in [-0.05, 0) is 63.0 Å². The molecule has 0 saturated carbocycles. The Bertz CT molecular complexity index is 735. The number of rotatable bonds is 8. The molecule has 2 heterocycles. The van der Waals surface area contributed by atoms with Gasteiger partial charge in [-0.2, -0.15) is 0 Å². The number of hydrogen-bond acceptors (Lipinski definition) is 5. The maximum absolute atomic E-state index is 12.7. The number of methoxy groups -OCH3 is 1. The van der Waals surface area contributed by atoms with Crippen LogP contribution in [0, 0.1) is 5.92 Å².